The number of anilines is 1. The fraction of sp³-hybridized carbons (Fsp3) is 0.429. The van der Waals surface area contributed by atoms with Crippen LogP contribution in [-0.4, -0.2) is 49.3 Å². The number of rotatable bonds is 3. The highest BCUT2D eigenvalue weighted by Crippen LogP contribution is 2.39. The van der Waals surface area contributed by atoms with E-state index >= 15 is 0 Å². The highest BCUT2D eigenvalue weighted by Gasteiger charge is 2.46. The van der Waals surface area contributed by atoms with E-state index in [4.69, 9.17) is 5.11 Å². The number of amides is 1. The van der Waals surface area contributed by atoms with Crippen molar-refractivity contribution in [2.24, 2.45) is 0 Å². The number of hydrogen-bond acceptors (Lipinski definition) is 4. The summed E-state index contributed by atoms with van der Waals surface area (Å²) in [6.45, 7) is 0.989. The van der Waals surface area contributed by atoms with E-state index in [0.717, 1.165) is 9.36 Å². The maximum atomic E-state index is 13.2. The van der Waals surface area contributed by atoms with Gasteiger partial charge in [-0.05, 0) is 19.4 Å². The van der Waals surface area contributed by atoms with Gasteiger partial charge in [0.1, 0.15) is 12.4 Å². The van der Waals surface area contributed by atoms with Crippen molar-refractivity contribution in [2.45, 2.75) is 32.1 Å². The third kappa shape index (κ3) is 3.21. The Morgan fingerprint density at radius 1 is 1.36 bits per heavy atom. The van der Waals surface area contributed by atoms with E-state index in [2.05, 4.69) is 10.2 Å². The summed E-state index contributed by atoms with van der Waals surface area (Å²) in [6.07, 6.45) is -3.46. The molecule has 1 amide bonds. The number of fused-ring (bicyclic) bond motifs is 1. The molecule has 8 nitrogen and oxygen atoms in total. The average molecular weight is 357 g/mol. The van der Waals surface area contributed by atoms with Crippen LogP contribution >= 0.6 is 0 Å². The van der Waals surface area contributed by atoms with Gasteiger partial charge < -0.3 is 5.11 Å². The summed E-state index contributed by atoms with van der Waals surface area (Å²) in [7, 11) is 0. The number of carbonyl (C=O) groups excluding carboxylic acids is 1. The summed E-state index contributed by atoms with van der Waals surface area (Å²) in [4.78, 5) is 24.5. The lowest BCUT2D eigenvalue weighted by Crippen LogP contribution is -2.43. The normalized spacial score (nSPS) is 17.4. The molecule has 1 unspecified atom stereocenters. The van der Waals surface area contributed by atoms with E-state index in [1.807, 2.05) is 0 Å². The minimum atomic E-state index is -4.47. The Labute approximate surface area is 139 Å². The molecule has 2 aromatic heterocycles. The standard InChI is InChI=1S/C14H14F3N5O3/c1-8-6-11-21(5-3-10(14(15,16)17)22(11)18-8)13(25)9-2-4-20(19-9)7-12(23)24/h2,4,6,10H,3,5,7H2,1H3,(H,23,24). The van der Waals surface area contributed by atoms with Crippen molar-refractivity contribution in [1.82, 2.24) is 19.6 Å². The van der Waals surface area contributed by atoms with Crippen molar-refractivity contribution in [1.29, 1.82) is 0 Å². The first-order valence-corrected chi connectivity index (χ1v) is 7.37. The number of carboxylic acid groups (broad SMARTS) is 1. The first-order chi connectivity index (χ1) is 11.7. The van der Waals surface area contributed by atoms with Gasteiger partial charge in [-0.3, -0.25) is 19.2 Å². The van der Waals surface area contributed by atoms with Crippen LogP contribution in [-0.2, 0) is 11.3 Å². The minimum Gasteiger partial charge on any atom is -0.480 e. The molecule has 2 aromatic rings. The van der Waals surface area contributed by atoms with E-state index in [1.54, 1.807) is 6.92 Å². The van der Waals surface area contributed by atoms with Crippen LogP contribution in [0.1, 0.15) is 28.6 Å². The number of alkyl halides is 3. The number of aromatic nitrogens is 4. The van der Waals surface area contributed by atoms with Crippen LogP contribution in [0.4, 0.5) is 19.0 Å². The van der Waals surface area contributed by atoms with Crippen LogP contribution < -0.4 is 4.90 Å². The van der Waals surface area contributed by atoms with Gasteiger partial charge in [0.2, 0.25) is 0 Å². The van der Waals surface area contributed by atoms with Crippen molar-refractivity contribution in [2.75, 3.05) is 11.4 Å². The first kappa shape index (κ1) is 17.0. The smallest absolute Gasteiger partial charge is 0.410 e. The molecule has 1 N–H and O–H groups in total. The summed E-state index contributed by atoms with van der Waals surface area (Å²) in [5, 5.41) is 16.5. The van der Waals surface area contributed by atoms with Gasteiger partial charge in [-0.15, -0.1) is 0 Å². The molecule has 134 valence electrons. The third-order valence-corrected chi connectivity index (χ3v) is 3.82. The number of halogens is 3. The largest absolute Gasteiger partial charge is 0.480 e. The Kier molecular flexibility index (Phi) is 4.01. The van der Waals surface area contributed by atoms with Crippen molar-refractivity contribution in [3.8, 4) is 0 Å². The number of carbonyl (C=O) groups is 2. The van der Waals surface area contributed by atoms with Gasteiger partial charge in [0.15, 0.2) is 11.7 Å². The molecule has 0 saturated carbocycles. The first-order valence-electron chi connectivity index (χ1n) is 7.37. The molecule has 0 aliphatic carbocycles. The molecule has 0 fully saturated rings. The molecule has 0 saturated heterocycles. The molecule has 0 bridgehead atoms. The zero-order chi connectivity index (χ0) is 18.4. The van der Waals surface area contributed by atoms with Crippen LogP contribution in [0, 0.1) is 6.92 Å². The highest BCUT2D eigenvalue weighted by molar-refractivity contribution is 6.04. The average Bonchev–Trinajstić information content (AvgIpc) is 3.09. The van der Waals surface area contributed by atoms with Gasteiger partial charge in [-0.1, -0.05) is 0 Å². The van der Waals surface area contributed by atoms with E-state index in [-0.39, 0.29) is 24.5 Å². The second kappa shape index (κ2) is 5.90. The molecule has 3 heterocycles. The number of hydrogen-bond donors (Lipinski definition) is 1. The number of nitrogens with zero attached hydrogens (tertiary/aromatic N) is 5. The zero-order valence-electron chi connectivity index (χ0n) is 13.1. The zero-order valence-corrected chi connectivity index (χ0v) is 13.1. The lowest BCUT2D eigenvalue weighted by atomic mass is 10.1. The molecule has 1 aliphatic heterocycles. The Balaban J connectivity index is 1.91. The van der Waals surface area contributed by atoms with Crippen molar-refractivity contribution in [3.63, 3.8) is 0 Å². The molecule has 0 radical (unpaired) electrons. The van der Waals surface area contributed by atoms with E-state index in [0.29, 0.717) is 5.69 Å². The summed E-state index contributed by atoms with van der Waals surface area (Å²) < 4.78 is 41.4. The second-order valence-electron chi connectivity index (χ2n) is 5.68. The van der Waals surface area contributed by atoms with Gasteiger partial charge in [-0.2, -0.15) is 23.4 Å². The van der Waals surface area contributed by atoms with E-state index in [9.17, 15) is 22.8 Å². The Bertz CT molecular complexity index is 826. The quantitative estimate of drug-likeness (QED) is 0.901. The van der Waals surface area contributed by atoms with Crippen molar-refractivity contribution >= 4 is 17.7 Å². The molecule has 0 aromatic carbocycles. The molecular formula is C14H14F3N5O3. The maximum Gasteiger partial charge on any atom is 0.410 e. The molecule has 25 heavy (non-hydrogen) atoms. The summed E-state index contributed by atoms with van der Waals surface area (Å²) in [5.41, 5.74) is 0.317. The Morgan fingerprint density at radius 3 is 2.72 bits per heavy atom. The highest BCUT2D eigenvalue weighted by atomic mass is 19.4. The Hall–Kier alpha value is -2.85. The molecule has 3 rings (SSSR count). The van der Waals surface area contributed by atoms with Gasteiger partial charge in [0.25, 0.3) is 5.91 Å². The minimum absolute atomic E-state index is 0.0443. The van der Waals surface area contributed by atoms with Crippen LogP contribution in [0.5, 0.6) is 0 Å². The van der Waals surface area contributed by atoms with E-state index in [1.165, 1.54) is 23.2 Å². The van der Waals surface area contributed by atoms with Gasteiger partial charge in [0, 0.05) is 18.8 Å². The van der Waals surface area contributed by atoms with Crippen molar-refractivity contribution in [3.05, 3.63) is 29.7 Å². The molecule has 1 atom stereocenters. The number of aliphatic carboxylic acids is 1. The van der Waals surface area contributed by atoms with E-state index < -0.39 is 30.6 Å². The summed E-state index contributed by atoms with van der Waals surface area (Å²) >= 11 is 0. The second-order valence-corrected chi connectivity index (χ2v) is 5.68. The summed E-state index contributed by atoms with van der Waals surface area (Å²) in [5.74, 6) is -1.68. The van der Waals surface area contributed by atoms with Gasteiger partial charge in [-0.25, -0.2) is 4.68 Å². The lowest BCUT2D eigenvalue weighted by molar-refractivity contribution is -0.172. The topological polar surface area (TPSA) is 93.2 Å². The monoisotopic (exact) mass is 357 g/mol. The third-order valence-electron chi connectivity index (χ3n) is 3.82. The SMILES string of the molecule is Cc1cc2n(n1)C(C(F)(F)F)CCN2C(=O)c1ccn(CC(=O)O)n1. The number of aryl methyl sites for hydroxylation is 1. The lowest BCUT2D eigenvalue weighted by Gasteiger charge is -2.33. The predicted octanol–water partition coefficient (Wildman–Crippen LogP) is 1.63. The molecule has 1 aliphatic rings. The molecule has 11 heteroatoms. The fourth-order valence-corrected chi connectivity index (χ4v) is 2.77. The summed E-state index contributed by atoms with van der Waals surface area (Å²) in [6, 6.07) is 0.948. The molecule has 0 spiro atoms. The fourth-order valence-electron chi connectivity index (χ4n) is 2.77. The van der Waals surface area contributed by atoms with Gasteiger partial charge >= 0.3 is 12.1 Å². The van der Waals surface area contributed by atoms with Crippen molar-refractivity contribution < 1.29 is 27.9 Å². The van der Waals surface area contributed by atoms with Gasteiger partial charge in [0.05, 0.1) is 5.69 Å². The van der Waals surface area contributed by atoms with Crippen LogP contribution in [0.2, 0.25) is 0 Å². The van der Waals surface area contributed by atoms with Crippen LogP contribution in [0.3, 0.4) is 0 Å². The Morgan fingerprint density at radius 2 is 2.08 bits per heavy atom. The molecular weight excluding hydrogens is 343 g/mol. The van der Waals surface area contributed by atoms with Crippen LogP contribution in [0.25, 0.3) is 0 Å². The maximum absolute atomic E-state index is 13.2. The number of carboxylic acids is 1. The van der Waals surface area contributed by atoms with Crippen LogP contribution in [0.15, 0.2) is 18.3 Å². The predicted molar refractivity (Wildman–Crippen MR) is 78.2 cm³/mol.